The van der Waals surface area contributed by atoms with Gasteiger partial charge in [-0.3, -0.25) is 4.79 Å². The third-order valence-electron chi connectivity index (χ3n) is 2.94. The molecular formula is C13H16BrNO2. The molecule has 0 spiro atoms. The summed E-state index contributed by atoms with van der Waals surface area (Å²) < 4.78 is 6.53. The molecule has 17 heavy (non-hydrogen) atoms. The van der Waals surface area contributed by atoms with Crippen molar-refractivity contribution in [3.8, 4) is 0 Å². The summed E-state index contributed by atoms with van der Waals surface area (Å²) in [6.07, 6.45) is 1.72. The number of benzene rings is 1. The van der Waals surface area contributed by atoms with Gasteiger partial charge in [-0.1, -0.05) is 34.1 Å². The lowest BCUT2D eigenvalue weighted by Crippen LogP contribution is -2.34. The largest absolute Gasteiger partial charge is 0.365 e. The van der Waals surface area contributed by atoms with Gasteiger partial charge in [-0.25, -0.2) is 0 Å². The maximum absolute atomic E-state index is 11.8. The van der Waals surface area contributed by atoms with Crippen molar-refractivity contribution >= 4 is 21.8 Å². The predicted molar refractivity (Wildman–Crippen MR) is 69.6 cm³/mol. The van der Waals surface area contributed by atoms with Gasteiger partial charge in [0, 0.05) is 11.0 Å². The van der Waals surface area contributed by atoms with E-state index in [1.807, 2.05) is 31.2 Å². The first-order valence-electron chi connectivity index (χ1n) is 5.83. The van der Waals surface area contributed by atoms with Crippen molar-refractivity contribution < 1.29 is 9.53 Å². The van der Waals surface area contributed by atoms with Gasteiger partial charge in [-0.2, -0.15) is 0 Å². The molecule has 1 amide bonds. The molecule has 4 heteroatoms. The van der Waals surface area contributed by atoms with Crippen LogP contribution in [0.3, 0.4) is 0 Å². The number of hydrogen-bond donors (Lipinski definition) is 1. The first-order chi connectivity index (χ1) is 8.16. The van der Waals surface area contributed by atoms with E-state index in [1.165, 1.54) is 0 Å². The van der Waals surface area contributed by atoms with Gasteiger partial charge in [0.05, 0.1) is 6.10 Å². The number of ether oxygens (including phenoxy) is 1. The van der Waals surface area contributed by atoms with Crippen molar-refractivity contribution in [2.24, 2.45) is 0 Å². The minimum Gasteiger partial charge on any atom is -0.365 e. The monoisotopic (exact) mass is 297 g/mol. The quantitative estimate of drug-likeness (QED) is 0.931. The van der Waals surface area contributed by atoms with Gasteiger partial charge >= 0.3 is 0 Å². The van der Waals surface area contributed by atoms with Gasteiger partial charge in [0.15, 0.2) is 0 Å². The average molecular weight is 298 g/mol. The number of carbonyl (C=O) groups excluding carboxylic acids is 1. The molecule has 1 aliphatic rings. The topological polar surface area (TPSA) is 38.3 Å². The van der Waals surface area contributed by atoms with E-state index < -0.39 is 0 Å². The molecule has 1 aliphatic heterocycles. The molecule has 1 N–H and O–H groups in total. The van der Waals surface area contributed by atoms with Crippen LogP contribution in [-0.2, 0) is 16.1 Å². The summed E-state index contributed by atoms with van der Waals surface area (Å²) >= 11 is 3.46. The van der Waals surface area contributed by atoms with Gasteiger partial charge in [-0.05, 0) is 31.4 Å². The van der Waals surface area contributed by atoms with Crippen LogP contribution < -0.4 is 5.32 Å². The molecule has 2 unspecified atom stereocenters. The molecule has 1 saturated heterocycles. The molecule has 1 heterocycles. The van der Waals surface area contributed by atoms with Crippen LogP contribution in [0.25, 0.3) is 0 Å². The maximum Gasteiger partial charge on any atom is 0.249 e. The smallest absolute Gasteiger partial charge is 0.249 e. The Hall–Kier alpha value is -0.870. The molecular weight excluding hydrogens is 282 g/mol. The van der Waals surface area contributed by atoms with Crippen LogP contribution in [0.2, 0.25) is 0 Å². The SMILES string of the molecule is CC1CCC(C(=O)NCc2ccccc2Br)O1. The summed E-state index contributed by atoms with van der Waals surface area (Å²) in [5.74, 6) is -0.00916. The van der Waals surface area contributed by atoms with Crippen molar-refractivity contribution in [3.63, 3.8) is 0 Å². The van der Waals surface area contributed by atoms with Crippen molar-refractivity contribution in [2.45, 2.75) is 38.5 Å². The van der Waals surface area contributed by atoms with E-state index >= 15 is 0 Å². The zero-order chi connectivity index (χ0) is 12.3. The van der Waals surface area contributed by atoms with E-state index in [1.54, 1.807) is 0 Å². The fourth-order valence-corrected chi connectivity index (χ4v) is 2.36. The van der Waals surface area contributed by atoms with E-state index in [0.717, 1.165) is 22.9 Å². The Morgan fingerprint density at radius 2 is 2.24 bits per heavy atom. The Morgan fingerprint density at radius 1 is 1.47 bits per heavy atom. The van der Waals surface area contributed by atoms with Crippen molar-refractivity contribution in [2.75, 3.05) is 0 Å². The lowest BCUT2D eigenvalue weighted by atomic mass is 10.2. The highest BCUT2D eigenvalue weighted by Crippen LogP contribution is 2.20. The number of carbonyl (C=O) groups is 1. The van der Waals surface area contributed by atoms with E-state index in [4.69, 9.17) is 4.74 Å². The number of hydrogen-bond acceptors (Lipinski definition) is 2. The van der Waals surface area contributed by atoms with Crippen molar-refractivity contribution in [1.82, 2.24) is 5.32 Å². The highest BCUT2D eigenvalue weighted by atomic mass is 79.9. The van der Waals surface area contributed by atoms with Crippen LogP contribution in [0.15, 0.2) is 28.7 Å². The third kappa shape index (κ3) is 3.30. The van der Waals surface area contributed by atoms with E-state index in [9.17, 15) is 4.79 Å². The molecule has 3 nitrogen and oxygen atoms in total. The Balaban J connectivity index is 1.86. The van der Waals surface area contributed by atoms with Gasteiger partial charge in [-0.15, -0.1) is 0 Å². The Bertz CT molecular complexity index is 408. The standard InChI is InChI=1S/C13H16BrNO2/c1-9-6-7-12(17-9)13(16)15-8-10-4-2-3-5-11(10)14/h2-5,9,12H,6-8H2,1H3,(H,15,16). The molecule has 0 radical (unpaired) electrons. The summed E-state index contributed by atoms with van der Waals surface area (Å²) in [7, 11) is 0. The van der Waals surface area contributed by atoms with Crippen molar-refractivity contribution in [1.29, 1.82) is 0 Å². The fourth-order valence-electron chi connectivity index (χ4n) is 1.93. The Labute approximate surface area is 110 Å². The maximum atomic E-state index is 11.8. The summed E-state index contributed by atoms with van der Waals surface area (Å²) in [6.45, 7) is 2.54. The van der Waals surface area contributed by atoms with Gasteiger partial charge < -0.3 is 10.1 Å². The second-order valence-corrected chi connectivity index (χ2v) is 5.18. The lowest BCUT2D eigenvalue weighted by molar-refractivity contribution is -0.131. The van der Waals surface area contributed by atoms with Crippen LogP contribution in [0.4, 0.5) is 0 Å². The van der Waals surface area contributed by atoms with Crippen LogP contribution in [0.1, 0.15) is 25.3 Å². The first kappa shape index (κ1) is 12.6. The van der Waals surface area contributed by atoms with Crippen LogP contribution >= 0.6 is 15.9 Å². The Morgan fingerprint density at radius 3 is 2.88 bits per heavy atom. The molecule has 0 aliphatic carbocycles. The normalized spacial score (nSPS) is 23.6. The molecule has 0 bridgehead atoms. The fraction of sp³-hybridized carbons (Fsp3) is 0.462. The molecule has 1 fully saturated rings. The van der Waals surface area contributed by atoms with Crippen molar-refractivity contribution in [3.05, 3.63) is 34.3 Å². The number of halogens is 1. The number of rotatable bonds is 3. The summed E-state index contributed by atoms with van der Waals surface area (Å²) in [5, 5.41) is 2.91. The second-order valence-electron chi connectivity index (χ2n) is 4.32. The average Bonchev–Trinajstić information content (AvgIpc) is 2.74. The lowest BCUT2D eigenvalue weighted by Gasteiger charge is -2.12. The first-order valence-corrected chi connectivity index (χ1v) is 6.62. The second kappa shape index (κ2) is 5.65. The van der Waals surface area contributed by atoms with Gasteiger partial charge in [0.25, 0.3) is 0 Å². The number of nitrogens with one attached hydrogen (secondary N) is 1. The molecule has 0 aromatic heterocycles. The molecule has 1 aromatic rings. The molecule has 2 rings (SSSR count). The molecule has 92 valence electrons. The van der Waals surface area contributed by atoms with Crippen LogP contribution in [0, 0.1) is 0 Å². The van der Waals surface area contributed by atoms with E-state index in [2.05, 4.69) is 21.2 Å². The molecule has 0 saturated carbocycles. The van der Waals surface area contributed by atoms with Crippen LogP contribution in [-0.4, -0.2) is 18.1 Å². The summed E-state index contributed by atoms with van der Waals surface area (Å²) in [5.41, 5.74) is 1.08. The Kier molecular flexibility index (Phi) is 4.18. The molecule has 1 aromatic carbocycles. The van der Waals surface area contributed by atoms with Crippen LogP contribution in [0.5, 0.6) is 0 Å². The highest BCUT2D eigenvalue weighted by molar-refractivity contribution is 9.10. The minimum absolute atomic E-state index is 0.00916. The summed E-state index contributed by atoms with van der Waals surface area (Å²) in [4.78, 5) is 11.8. The predicted octanol–water partition coefficient (Wildman–Crippen LogP) is 2.63. The number of amides is 1. The van der Waals surface area contributed by atoms with Gasteiger partial charge in [0.2, 0.25) is 5.91 Å². The van der Waals surface area contributed by atoms with Gasteiger partial charge in [0.1, 0.15) is 6.10 Å². The zero-order valence-corrected chi connectivity index (χ0v) is 11.4. The van der Waals surface area contributed by atoms with E-state index in [-0.39, 0.29) is 18.1 Å². The minimum atomic E-state index is -0.271. The zero-order valence-electron chi connectivity index (χ0n) is 9.78. The summed E-state index contributed by atoms with van der Waals surface area (Å²) in [6, 6.07) is 7.87. The molecule has 2 atom stereocenters. The van der Waals surface area contributed by atoms with E-state index in [0.29, 0.717) is 6.54 Å². The third-order valence-corrected chi connectivity index (χ3v) is 3.71. The highest BCUT2D eigenvalue weighted by Gasteiger charge is 2.27.